The van der Waals surface area contributed by atoms with Crippen LogP contribution in [0, 0.1) is 0 Å². The van der Waals surface area contributed by atoms with E-state index in [1.807, 2.05) is 0 Å². The molecular weight excluding hydrogens is 432 g/mol. The van der Waals surface area contributed by atoms with Crippen molar-refractivity contribution in [3.8, 4) is 0 Å². The zero-order chi connectivity index (χ0) is 21.7. The molecule has 10 heteroatoms. The minimum absolute atomic E-state index is 0.0383. The van der Waals surface area contributed by atoms with Crippen LogP contribution < -0.4 is 10.0 Å². The molecule has 1 atom stereocenters. The van der Waals surface area contributed by atoms with E-state index < -0.39 is 21.9 Å². The SMILES string of the molecule is COC(=O)c1cc(S(=O)(=O)Nc2ccccc2C(=O)NC[C@@H]2CCCO2)ccc1Cl. The fourth-order valence-corrected chi connectivity index (χ4v) is 4.32. The zero-order valence-electron chi connectivity index (χ0n) is 16.2. The lowest BCUT2D eigenvalue weighted by atomic mass is 10.1. The number of para-hydroxylation sites is 1. The normalized spacial score (nSPS) is 16.1. The standard InChI is InChI=1S/C20H21ClN2O6S/c1-28-20(25)16-11-14(8-9-17(16)21)30(26,27)23-18-7-3-2-6-15(18)19(24)22-12-13-5-4-10-29-13/h2-3,6-9,11,13,23H,4-5,10,12H2,1H3,(H,22,24)/t13-/m0/s1. The Morgan fingerprint density at radius 1 is 1.20 bits per heavy atom. The van der Waals surface area contributed by atoms with Gasteiger partial charge in [-0.25, -0.2) is 13.2 Å². The molecule has 1 aliphatic heterocycles. The maximum Gasteiger partial charge on any atom is 0.339 e. The van der Waals surface area contributed by atoms with Crippen molar-refractivity contribution < 1.29 is 27.5 Å². The van der Waals surface area contributed by atoms with E-state index in [-0.39, 0.29) is 32.8 Å². The van der Waals surface area contributed by atoms with Crippen molar-refractivity contribution in [2.45, 2.75) is 23.8 Å². The summed E-state index contributed by atoms with van der Waals surface area (Å²) in [6.07, 6.45) is 1.78. The van der Waals surface area contributed by atoms with Gasteiger partial charge in [-0.3, -0.25) is 9.52 Å². The van der Waals surface area contributed by atoms with Crippen LogP contribution in [0.4, 0.5) is 5.69 Å². The lowest BCUT2D eigenvalue weighted by Crippen LogP contribution is -2.32. The van der Waals surface area contributed by atoms with E-state index >= 15 is 0 Å². The molecule has 1 fully saturated rings. The Morgan fingerprint density at radius 2 is 1.97 bits per heavy atom. The molecule has 1 saturated heterocycles. The molecule has 1 amide bonds. The summed E-state index contributed by atoms with van der Waals surface area (Å²) >= 11 is 5.96. The first-order valence-corrected chi connectivity index (χ1v) is 11.1. The van der Waals surface area contributed by atoms with Crippen LogP contribution in [0.5, 0.6) is 0 Å². The maximum atomic E-state index is 12.9. The molecule has 0 aromatic heterocycles. The lowest BCUT2D eigenvalue weighted by molar-refractivity contribution is 0.0600. The van der Waals surface area contributed by atoms with Crippen molar-refractivity contribution in [2.24, 2.45) is 0 Å². The molecule has 2 N–H and O–H groups in total. The van der Waals surface area contributed by atoms with Gasteiger partial charge in [-0.2, -0.15) is 0 Å². The quantitative estimate of drug-likeness (QED) is 0.625. The molecule has 160 valence electrons. The molecule has 1 heterocycles. The van der Waals surface area contributed by atoms with Gasteiger partial charge in [0.15, 0.2) is 0 Å². The van der Waals surface area contributed by atoms with Crippen LogP contribution >= 0.6 is 11.6 Å². The molecule has 2 aromatic rings. The second-order valence-electron chi connectivity index (χ2n) is 6.63. The first-order chi connectivity index (χ1) is 14.3. The van der Waals surface area contributed by atoms with Gasteiger partial charge in [-0.15, -0.1) is 0 Å². The van der Waals surface area contributed by atoms with E-state index in [1.54, 1.807) is 12.1 Å². The monoisotopic (exact) mass is 452 g/mol. The summed E-state index contributed by atoms with van der Waals surface area (Å²) in [5.41, 5.74) is 0.197. The number of methoxy groups -OCH3 is 1. The number of hydrogen-bond donors (Lipinski definition) is 2. The number of halogens is 1. The number of anilines is 1. The summed E-state index contributed by atoms with van der Waals surface area (Å²) in [4.78, 5) is 24.2. The smallest absolute Gasteiger partial charge is 0.339 e. The average Bonchev–Trinajstić information content (AvgIpc) is 3.25. The second-order valence-corrected chi connectivity index (χ2v) is 8.72. The number of nitrogens with one attached hydrogen (secondary N) is 2. The van der Waals surface area contributed by atoms with Gasteiger partial charge in [0.05, 0.1) is 39.9 Å². The van der Waals surface area contributed by atoms with Gasteiger partial charge in [0.25, 0.3) is 15.9 Å². The maximum absolute atomic E-state index is 12.9. The van der Waals surface area contributed by atoms with Crippen molar-refractivity contribution in [1.29, 1.82) is 0 Å². The molecule has 8 nitrogen and oxygen atoms in total. The Bertz CT molecular complexity index is 1050. The third kappa shape index (κ3) is 5.10. The summed E-state index contributed by atoms with van der Waals surface area (Å²) in [6, 6.07) is 9.92. The fraction of sp³-hybridized carbons (Fsp3) is 0.300. The Balaban J connectivity index is 1.82. The molecular formula is C20H21ClN2O6S. The largest absolute Gasteiger partial charge is 0.465 e. The highest BCUT2D eigenvalue weighted by atomic mass is 35.5. The first-order valence-electron chi connectivity index (χ1n) is 9.21. The molecule has 0 spiro atoms. The van der Waals surface area contributed by atoms with Gasteiger partial charge in [-0.1, -0.05) is 23.7 Å². The van der Waals surface area contributed by atoms with Crippen LogP contribution in [0.3, 0.4) is 0 Å². The topological polar surface area (TPSA) is 111 Å². The number of benzene rings is 2. The van der Waals surface area contributed by atoms with Crippen molar-refractivity contribution >= 4 is 39.2 Å². The summed E-state index contributed by atoms with van der Waals surface area (Å²) in [7, 11) is -2.93. The minimum atomic E-state index is -4.10. The van der Waals surface area contributed by atoms with Crippen molar-refractivity contribution in [2.75, 3.05) is 25.0 Å². The lowest BCUT2D eigenvalue weighted by Gasteiger charge is -2.15. The molecule has 3 rings (SSSR count). The average molecular weight is 453 g/mol. The summed E-state index contributed by atoms with van der Waals surface area (Å²) in [6.45, 7) is 1.02. The third-order valence-electron chi connectivity index (χ3n) is 4.58. The van der Waals surface area contributed by atoms with E-state index in [1.165, 1.54) is 31.4 Å². The highest BCUT2D eigenvalue weighted by Gasteiger charge is 2.22. The zero-order valence-corrected chi connectivity index (χ0v) is 17.8. The summed E-state index contributed by atoms with van der Waals surface area (Å²) < 4.78 is 38.2. The number of sulfonamides is 1. The number of ether oxygens (including phenoxy) is 2. The van der Waals surface area contributed by atoms with Gasteiger partial charge in [0.1, 0.15) is 0 Å². The number of amides is 1. The van der Waals surface area contributed by atoms with Crippen LogP contribution in [0.2, 0.25) is 5.02 Å². The van der Waals surface area contributed by atoms with Gasteiger partial charge in [0, 0.05) is 13.2 Å². The molecule has 0 unspecified atom stereocenters. The number of esters is 1. The van der Waals surface area contributed by atoms with Crippen LogP contribution in [0.25, 0.3) is 0 Å². The molecule has 30 heavy (non-hydrogen) atoms. The van der Waals surface area contributed by atoms with E-state index in [2.05, 4.69) is 14.8 Å². The van der Waals surface area contributed by atoms with Crippen LogP contribution in [0.15, 0.2) is 47.4 Å². The molecule has 0 radical (unpaired) electrons. The third-order valence-corrected chi connectivity index (χ3v) is 6.28. The number of carbonyl (C=O) groups is 2. The minimum Gasteiger partial charge on any atom is -0.465 e. The molecule has 0 aliphatic carbocycles. The summed E-state index contributed by atoms with van der Waals surface area (Å²) in [5, 5.41) is 2.83. The Morgan fingerprint density at radius 3 is 2.67 bits per heavy atom. The van der Waals surface area contributed by atoms with Gasteiger partial charge in [0.2, 0.25) is 0 Å². The van der Waals surface area contributed by atoms with Crippen molar-refractivity contribution in [3.05, 3.63) is 58.6 Å². The Hall–Kier alpha value is -2.62. The van der Waals surface area contributed by atoms with Crippen LogP contribution in [-0.2, 0) is 19.5 Å². The molecule has 2 aromatic carbocycles. The van der Waals surface area contributed by atoms with Crippen molar-refractivity contribution in [1.82, 2.24) is 5.32 Å². The van der Waals surface area contributed by atoms with Crippen LogP contribution in [0.1, 0.15) is 33.6 Å². The number of hydrogen-bond acceptors (Lipinski definition) is 6. The first kappa shape index (κ1) is 22.1. The van der Waals surface area contributed by atoms with Crippen LogP contribution in [-0.4, -0.2) is 46.7 Å². The predicted octanol–water partition coefficient (Wildman–Crippen LogP) is 2.84. The predicted molar refractivity (Wildman–Crippen MR) is 111 cm³/mol. The second kappa shape index (κ2) is 9.46. The van der Waals surface area contributed by atoms with E-state index in [9.17, 15) is 18.0 Å². The number of rotatable bonds is 7. The Kier molecular flexibility index (Phi) is 6.96. The fourth-order valence-electron chi connectivity index (χ4n) is 3.02. The van der Waals surface area contributed by atoms with E-state index in [0.29, 0.717) is 13.2 Å². The molecule has 0 saturated carbocycles. The summed E-state index contributed by atoms with van der Waals surface area (Å²) in [5.74, 6) is -1.18. The highest BCUT2D eigenvalue weighted by Crippen LogP contribution is 2.24. The molecule has 1 aliphatic rings. The van der Waals surface area contributed by atoms with E-state index in [0.717, 1.165) is 18.9 Å². The van der Waals surface area contributed by atoms with E-state index in [4.69, 9.17) is 16.3 Å². The van der Waals surface area contributed by atoms with Gasteiger partial charge >= 0.3 is 5.97 Å². The van der Waals surface area contributed by atoms with Gasteiger partial charge in [-0.05, 0) is 43.2 Å². The van der Waals surface area contributed by atoms with Crippen molar-refractivity contribution in [3.63, 3.8) is 0 Å². The Labute approximate surface area is 179 Å². The molecule has 0 bridgehead atoms. The highest BCUT2D eigenvalue weighted by molar-refractivity contribution is 7.92. The van der Waals surface area contributed by atoms with Gasteiger partial charge < -0.3 is 14.8 Å². The number of carbonyl (C=O) groups excluding carboxylic acids is 2.